The number of halogens is 3. The van der Waals surface area contributed by atoms with Crippen molar-refractivity contribution in [3.63, 3.8) is 0 Å². The van der Waals surface area contributed by atoms with Crippen molar-refractivity contribution in [3.05, 3.63) is 59.4 Å². The van der Waals surface area contributed by atoms with Crippen LogP contribution in [-0.4, -0.2) is 8.42 Å². The molecular formula is C13H10F3NO3S. The summed E-state index contributed by atoms with van der Waals surface area (Å²) in [4.78, 5) is -0.699. The van der Waals surface area contributed by atoms with Gasteiger partial charge in [-0.3, -0.25) is 0 Å². The highest BCUT2D eigenvalue weighted by atomic mass is 32.2. The molecule has 0 aliphatic carbocycles. The van der Waals surface area contributed by atoms with Gasteiger partial charge in [-0.15, -0.1) is 0 Å². The fourth-order valence-electron chi connectivity index (χ4n) is 1.62. The summed E-state index contributed by atoms with van der Waals surface area (Å²) in [5.41, 5.74) is 0.365. The number of primary sulfonamides is 1. The standard InChI is InChI=1S/C13H10F3NO3S/c14-9-3-1-2-8(4-9)7-20-13-11(15)5-10(6-12(13)16)21(17,18)19/h1-6H,7H2,(H2,17,18,19). The number of benzene rings is 2. The van der Waals surface area contributed by atoms with Gasteiger partial charge < -0.3 is 4.74 Å². The van der Waals surface area contributed by atoms with Crippen LogP contribution in [0, 0.1) is 17.5 Å². The summed E-state index contributed by atoms with van der Waals surface area (Å²) in [7, 11) is -4.22. The summed E-state index contributed by atoms with van der Waals surface area (Å²) in [6, 6.07) is 6.40. The highest BCUT2D eigenvalue weighted by Crippen LogP contribution is 2.25. The maximum atomic E-state index is 13.7. The molecule has 0 unspecified atom stereocenters. The highest BCUT2D eigenvalue weighted by molar-refractivity contribution is 7.89. The molecule has 0 aromatic heterocycles. The third-order valence-corrected chi connectivity index (χ3v) is 3.47. The Morgan fingerprint density at radius 2 is 1.67 bits per heavy atom. The van der Waals surface area contributed by atoms with Gasteiger partial charge in [-0.25, -0.2) is 26.7 Å². The zero-order valence-corrected chi connectivity index (χ0v) is 11.3. The minimum atomic E-state index is -4.22. The number of ether oxygens (including phenoxy) is 1. The molecule has 0 bridgehead atoms. The summed E-state index contributed by atoms with van der Waals surface area (Å²) >= 11 is 0. The van der Waals surface area contributed by atoms with Gasteiger partial charge in [-0.1, -0.05) is 12.1 Å². The summed E-state index contributed by atoms with van der Waals surface area (Å²) in [6.07, 6.45) is 0. The van der Waals surface area contributed by atoms with Crippen molar-refractivity contribution in [1.29, 1.82) is 0 Å². The van der Waals surface area contributed by atoms with Crippen LogP contribution >= 0.6 is 0 Å². The summed E-state index contributed by atoms with van der Waals surface area (Å²) in [5, 5.41) is 4.78. The summed E-state index contributed by atoms with van der Waals surface area (Å²) in [6.45, 7) is -0.277. The van der Waals surface area contributed by atoms with E-state index in [1.165, 1.54) is 18.2 Å². The minimum absolute atomic E-state index is 0.277. The second kappa shape index (κ2) is 5.74. The average molecular weight is 317 g/mol. The highest BCUT2D eigenvalue weighted by Gasteiger charge is 2.18. The van der Waals surface area contributed by atoms with E-state index in [1.54, 1.807) is 0 Å². The Labute approximate surface area is 119 Å². The second-order valence-electron chi connectivity index (χ2n) is 4.18. The van der Waals surface area contributed by atoms with Crippen LogP contribution in [0.3, 0.4) is 0 Å². The maximum Gasteiger partial charge on any atom is 0.238 e. The first-order chi connectivity index (χ1) is 9.77. The van der Waals surface area contributed by atoms with Gasteiger partial charge in [0, 0.05) is 0 Å². The van der Waals surface area contributed by atoms with Crippen LogP contribution in [-0.2, 0) is 16.6 Å². The molecule has 0 radical (unpaired) electrons. The van der Waals surface area contributed by atoms with Crippen LogP contribution in [0.25, 0.3) is 0 Å². The van der Waals surface area contributed by atoms with Gasteiger partial charge in [0.25, 0.3) is 0 Å². The maximum absolute atomic E-state index is 13.7. The SMILES string of the molecule is NS(=O)(=O)c1cc(F)c(OCc2cccc(F)c2)c(F)c1. The lowest BCUT2D eigenvalue weighted by Gasteiger charge is -2.09. The number of sulfonamides is 1. The number of hydrogen-bond acceptors (Lipinski definition) is 3. The molecule has 2 rings (SSSR count). The van der Waals surface area contributed by atoms with Crippen molar-refractivity contribution >= 4 is 10.0 Å². The van der Waals surface area contributed by atoms with Crippen molar-refractivity contribution in [1.82, 2.24) is 0 Å². The van der Waals surface area contributed by atoms with Gasteiger partial charge in [0.1, 0.15) is 12.4 Å². The van der Waals surface area contributed by atoms with E-state index in [9.17, 15) is 21.6 Å². The van der Waals surface area contributed by atoms with E-state index in [0.717, 1.165) is 6.07 Å². The molecule has 0 heterocycles. The number of nitrogens with two attached hydrogens (primary N) is 1. The van der Waals surface area contributed by atoms with Crippen molar-refractivity contribution in [2.45, 2.75) is 11.5 Å². The van der Waals surface area contributed by atoms with Gasteiger partial charge in [0.2, 0.25) is 10.0 Å². The second-order valence-corrected chi connectivity index (χ2v) is 5.74. The Bertz CT molecular complexity index is 755. The Morgan fingerprint density at radius 1 is 1.05 bits per heavy atom. The van der Waals surface area contributed by atoms with Gasteiger partial charge in [0.05, 0.1) is 4.90 Å². The fraction of sp³-hybridized carbons (Fsp3) is 0.0769. The van der Waals surface area contributed by atoms with Crippen molar-refractivity contribution in [2.75, 3.05) is 0 Å². The predicted octanol–water partition coefficient (Wildman–Crippen LogP) is 2.33. The topological polar surface area (TPSA) is 69.4 Å². The zero-order valence-electron chi connectivity index (χ0n) is 10.5. The van der Waals surface area contributed by atoms with Gasteiger partial charge in [-0.05, 0) is 29.8 Å². The Kier molecular flexibility index (Phi) is 4.19. The van der Waals surface area contributed by atoms with Crippen LogP contribution in [0.2, 0.25) is 0 Å². The average Bonchev–Trinajstić information content (AvgIpc) is 2.36. The first kappa shape index (κ1) is 15.3. The fourth-order valence-corrected chi connectivity index (χ4v) is 2.16. The van der Waals surface area contributed by atoms with E-state index in [2.05, 4.69) is 0 Å². The third-order valence-electron chi connectivity index (χ3n) is 2.57. The van der Waals surface area contributed by atoms with Gasteiger partial charge in [0.15, 0.2) is 17.4 Å². The quantitative estimate of drug-likeness (QED) is 0.941. The molecule has 4 nitrogen and oxygen atoms in total. The summed E-state index contributed by atoms with van der Waals surface area (Å²) < 4.78 is 67.3. The van der Waals surface area contributed by atoms with E-state index in [-0.39, 0.29) is 6.61 Å². The van der Waals surface area contributed by atoms with Crippen molar-refractivity contribution in [3.8, 4) is 5.75 Å². The lowest BCUT2D eigenvalue weighted by molar-refractivity contribution is 0.273. The van der Waals surface area contributed by atoms with E-state index >= 15 is 0 Å². The monoisotopic (exact) mass is 317 g/mol. The molecule has 0 saturated carbocycles. The molecule has 2 aromatic rings. The van der Waals surface area contributed by atoms with E-state index in [1.807, 2.05) is 0 Å². The molecule has 0 aliphatic heterocycles. The van der Waals surface area contributed by atoms with Gasteiger partial charge >= 0.3 is 0 Å². The van der Waals surface area contributed by atoms with Crippen LogP contribution in [0.15, 0.2) is 41.3 Å². The molecule has 2 N–H and O–H groups in total. The van der Waals surface area contributed by atoms with E-state index in [0.29, 0.717) is 17.7 Å². The first-order valence-electron chi connectivity index (χ1n) is 5.66. The molecular weight excluding hydrogens is 307 g/mol. The molecule has 0 fully saturated rings. The van der Waals surface area contributed by atoms with E-state index < -0.39 is 38.1 Å². The number of hydrogen-bond donors (Lipinski definition) is 1. The third kappa shape index (κ3) is 3.73. The number of rotatable bonds is 4. The molecule has 0 atom stereocenters. The van der Waals surface area contributed by atoms with Crippen LogP contribution in [0.5, 0.6) is 5.75 Å². The van der Waals surface area contributed by atoms with Gasteiger partial charge in [-0.2, -0.15) is 0 Å². The lowest BCUT2D eigenvalue weighted by atomic mass is 10.2. The van der Waals surface area contributed by atoms with Crippen molar-refractivity contribution in [2.24, 2.45) is 5.14 Å². The van der Waals surface area contributed by atoms with Crippen LogP contribution in [0.4, 0.5) is 13.2 Å². The molecule has 112 valence electrons. The minimum Gasteiger partial charge on any atom is -0.483 e. The molecule has 0 saturated heterocycles. The lowest BCUT2D eigenvalue weighted by Crippen LogP contribution is -2.13. The molecule has 8 heteroatoms. The van der Waals surface area contributed by atoms with Crippen molar-refractivity contribution < 1.29 is 26.3 Å². The predicted molar refractivity (Wildman–Crippen MR) is 68.5 cm³/mol. The Balaban J connectivity index is 2.25. The van der Waals surface area contributed by atoms with Crippen LogP contribution < -0.4 is 9.88 Å². The van der Waals surface area contributed by atoms with E-state index in [4.69, 9.17) is 9.88 Å². The normalized spacial score (nSPS) is 11.4. The zero-order chi connectivity index (χ0) is 15.6. The first-order valence-corrected chi connectivity index (χ1v) is 7.21. The molecule has 2 aromatic carbocycles. The molecule has 0 spiro atoms. The molecule has 21 heavy (non-hydrogen) atoms. The molecule has 0 amide bonds. The Hall–Kier alpha value is -2.06. The smallest absolute Gasteiger partial charge is 0.238 e. The molecule has 0 aliphatic rings. The largest absolute Gasteiger partial charge is 0.483 e. The van der Waals surface area contributed by atoms with Crippen LogP contribution in [0.1, 0.15) is 5.56 Å². The summed E-state index contributed by atoms with van der Waals surface area (Å²) in [5.74, 6) is -3.70. The Morgan fingerprint density at radius 3 is 2.19 bits per heavy atom.